The van der Waals surface area contributed by atoms with Crippen LogP contribution in [0.2, 0.25) is 0 Å². The molecule has 2 heterocycles. The molecule has 3 nitrogen and oxygen atoms in total. The van der Waals surface area contributed by atoms with Crippen LogP contribution < -0.4 is 0 Å². The highest BCUT2D eigenvalue weighted by molar-refractivity contribution is 7.99. The number of thioether (sulfide) groups is 1. The van der Waals surface area contributed by atoms with E-state index in [0.29, 0.717) is 0 Å². The molecule has 0 radical (unpaired) electrons. The maximum Gasteiger partial charge on any atom is 0.196 e. The van der Waals surface area contributed by atoms with Crippen molar-refractivity contribution in [2.45, 2.75) is 38.8 Å². The summed E-state index contributed by atoms with van der Waals surface area (Å²) in [6, 6.07) is 8.57. The summed E-state index contributed by atoms with van der Waals surface area (Å²) in [5.74, 6) is 1.10. The molecule has 3 aromatic rings. The van der Waals surface area contributed by atoms with Crippen molar-refractivity contribution >= 4 is 28.3 Å². The SMILES string of the molecule is CCCCSc1nnc2cc(C)c3cccc(C)c3n12. The molecular formula is C16H19N3S. The van der Waals surface area contributed by atoms with Crippen molar-refractivity contribution in [2.24, 2.45) is 0 Å². The van der Waals surface area contributed by atoms with E-state index in [0.717, 1.165) is 16.6 Å². The Kier molecular flexibility index (Phi) is 3.66. The average Bonchev–Trinajstić information content (AvgIpc) is 2.82. The Morgan fingerprint density at radius 2 is 2.00 bits per heavy atom. The molecule has 0 saturated heterocycles. The molecular weight excluding hydrogens is 266 g/mol. The normalized spacial score (nSPS) is 11.6. The molecule has 20 heavy (non-hydrogen) atoms. The lowest BCUT2D eigenvalue weighted by Gasteiger charge is -2.09. The highest BCUT2D eigenvalue weighted by Crippen LogP contribution is 2.28. The predicted octanol–water partition coefficient (Wildman–Crippen LogP) is 4.39. The molecule has 0 aliphatic heterocycles. The van der Waals surface area contributed by atoms with Crippen LogP contribution in [0.3, 0.4) is 0 Å². The fourth-order valence-electron chi connectivity index (χ4n) is 2.53. The van der Waals surface area contributed by atoms with Gasteiger partial charge in [-0.1, -0.05) is 43.3 Å². The van der Waals surface area contributed by atoms with E-state index in [4.69, 9.17) is 0 Å². The van der Waals surface area contributed by atoms with E-state index in [1.807, 2.05) is 0 Å². The zero-order valence-corrected chi connectivity index (χ0v) is 13.0. The molecule has 104 valence electrons. The predicted molar refractivity (Wildman–Crippen MR) is 85.6 cm³/mol. The molecule has 0 amide bonds. The third-order valence-corrected chi connectivity index (χ3v) is 4.63. The second-order valence-electron chi connectivity index (χ2n) is 5.18. The molecule has 0 aliphatic carbocycles. The molecule has 1 aromatic carbocycles. The average molecular weight is 285 g/mol. The largest absolute Gasteiger partial charge is 0.270 e. The Balaban J connectivity index is 2.24. The molecule has 0 bridgehead atoms. The van der Waals surface area contributed by atoms with E-state index in [2.05, 4.69) is 59.6 Å². The molecule has 0 atom stereocenters. The van der Waals surface area contributed by atoms with E-state index in [1.54, 1.807) is 11.8 Å². The van der Waals surface area contributed by atoms with Crippen molar-refractivity contribution in [2.75, 3.05) is 5.75 Å². The Morgan fingerprint density at radius 3 is 2.80 bits per heavy atom. The quantitative estimate of drug-likeness (QED) is 0.526. The number of pyridine rings is 1. The zero-order chi connectivity index (χ0) is 14.1. The van der Waals surface area contributed by atoms with Crippen LogP contribution >= 0.6 is 11.8 Å². The number of para-hydroxylation sites is 1. The van der Waals surface area contributed by atoms with Gasteiger partial charge in [0.05, 0.1) is 5.52 Å². The molecule has 4 heteroatoms. The van der Waals surface area contributed by atoms with E-state index < -0.39 is 0 Å². The highest BCUT2D eigenvalue weighted by Gasteiger charge is 2.12. The molecule has 3 rings (SSSR count). The van der Waals surface area contributed by atoms with Crippen LogP contribution in [0.4, 0.5) is 0 Å². The van der Waals surface area contributed by atoms with Crippen LogP contribution in [0.5, 0.6) is 0 Å². The number of aromatic nitrogens is 3. The van der Waals surface area contributed by atoms with Crippen molar-refractivity contribution in [1.29, 1.82) is 0 Å². The van der Waals surface area contributed by atoms with Crippen molar-refractivity contribution in [3.05, 3.63) is 35.4 Å². The summed E-state index contributed by atoms with van der Waals surface area (Å²) in [5.41, 5.74) is 4.72. The lowest BCUT2D eigenvalue weighted by Crippen LogP contribution is -1.96. The van der Waals surface area contributed by atoms with E-state index >= 15 is 0 Å². The van der Waals surface area contributed by atoms with Crippen LogP contribution in [-0.4, -0.2) is 20.4 Å². The van der Waals surface area contributed by atoms with Crippen molar-refractivity contribution in [3.63, 3.8) is 0 Å². The number of nitrogens with zero attached hydrogens (tertiary/aromatic N) is 3. The van der Waals surface area contributed by atoms with E-state index in [1.165, 1.54) is 34.9 Å². The van der Waals surface area contributed by atoms with Gasteiger partial charge in [0.2, 0.25) is 0 Å². The zero-order valence-electron chi connectivity index (χ0n) is 12.2. The highest BCUT2D eigenvalue weighted by atomic mass is 32.2. The van der Waals surface area contributed by atoms with Gasteiger partial charge in [-0.2, -0.15) is 0 Å². The van der Waals surface area contributed by atoms with Gasteiger partial charge < -0.3 is 0 Å². The summed E-state index contributed by atoms with van der Waals surface area (Å²) in [6.45, 7) is 6.51. The van der Waals surface area contributed by atoms with Crippen molar-refractivity contribution < 1.29 is 0 Å². The van der Waals surface area contributed by atoms with Crippen LogP contribution in [0.15, 0.2) is 29.4 Å². The van der Waals surface area contributed by atoms with E-state index in [-0.39, 0.29) is 0 Å². The van der Waals surface area contributed by atoms with Gasteiger partial charge in [-0.15, -0.1) is 10.2 Å². The summed E-state index contributed by atoms with van der Waals surface area (Å²) in [5, 5.41) is 11.0. The molecule has 2 aromatic heterocycles. The minimum atomic E-state index is 0.947. The van der Waals surface area contributed by atoms with Crippen molar-refractivity contribution in [3.8, 4) is 0 Å². The summed E-state index contributed by atoms with van der Waals surface area (Å²) in [7, 11) is 0. The topological polar surface area (TPSA) is 30.2 Å². The van der Waals surface area contributed by atoms with Gasteiger partial charge in [0, 0.05) is 11.1 Å². The third-order valence-electron chi connectivity index (χ3n) is 3.62. The second-order valence-corrected chi connectivity index (χ2v) is 6.24. The molecule has 0 saturated carbocycles. The Morgan fingerprint density at radius 1 is 1.15 bits per heavy atom. The van der Waals surface area contributed by atoms with E-state index in [9.17, 15) is 0 Å². The van der Waals surface area contributed by atoms with Gasteiger partial charge in [0.25, 0.3) is 0 Å². The number of hydrogen-bond donors (Lipinski definition) is 0. The van der Waals surface area contributed by atoms with Crippen LogP contribution in [0.1, 0.15) is 30.9 Å². The van der Waals surface area contributed by atoms with Gasteiger partial charge in [-0.25, -0.2) is 0 Å². The lowest BCUT2D eigenvalue weighted by atomic mass is 10.1. The minimum Gasteiger partial charge on any atom is -0.270 e. The van der Waals surface area contributed by atoms with Gasteiger partial charge in [-0.3, -0.25) is 4.40 Å². The number of hydrogen-bond acceptors (Lipinski definition) is 3. The molecule has 0 spiro atoms. The second kappa shape index (κ2) is 5.44. The van der Waals surface area contributed by atoms with Gasteiger partial charge >= 0.3 is 0 Å². The fourth-order valence-corrected chi connectivity index (χ4v) is 3.56. The van der Waals surface area contributed by atoms with Gasteiger partial charge in [0.15, 0.2) is 10.8 Å². The molecule has 0 unspecified atom stereocenters. The fraction of sp³-hybridized carbons (Fsp3) is 0.375. The molecule has 0 fully saturated rings. The number of unbranched alkanes of at least 4 members (excludes halogenated alkanes) is 1. The first-order valence-corrected chi connectivity index (χ1v) is 8.07. The molecule has 0 N–H and O–H groups in total. The molecule has 0 aliphatic rings. The summed E-state index contributed by atoms with van der Waals surface area (Å²) in [4.78, 5) is 0. The minimum absolute atomic E-state index is 0.947. The summed E-state index contributed by atoms with van der Waals surface area (Å²) in [6.07, 6.45) is 2.42. The van der Waals surface area contributed by atoms with Crippen LogP contribution in [0, 0.1) is 13.8 Å². The maximum absolute atomic E-state index is 4.38. The first kappa shape index (κ1) is 13.4. The van der Waals surface area contributed by atoms with Crippen molar-refractivity contribution in [1.82, 2.24) is 14.6 Å². The van der Waals surface area contributed by atoms with Crippen LogP contribution in [-0.2, 0) is 0 Å². The number of rotatable bonds is 4. The smallest absolute Gasteiger partial charge is 0.196 e. The van der Waals surface area contributed by atoms with Crippen LogP contribution in [0.25, 0.3) is 16.6 Å². The Bertz CT molecular complexity index is 761. The lowest BCUT2D eigenvalue weighted by molar-refractivity contribution is 0.884. The summed E-state index contributed by atoms with van der Waals surface area (Å²) >= 11 is 1.80. The first-order chi connectivity index (χ1) is 9.72. The Labute approximate surface area is 123 Å². The monoisotopic (exact) mass is 285 g/mol. The maximum atomic E-state index is 4.38. The van der Waals surface area contributed by atoms with Gasteiger partial charge in [0.1, 0.15) is 0 Å². The van der Waals surface area contributed by atoms with Gasteiger partial charge in [-0.05, 0) is 37.5 Å². The third kappa shape index (κ3) is 2.18. The first-order valence-electron chi connectivity index (χ1n) is 7.09. The number of fused-ring (bicyclic) bond motifs is 3. The number of benzene rings is 1. The summed E-state index contributed by atoms with van der Waals surface area (Å²) < 4.78 is 2.21. The standard InChI is InChI=1S/C16H19N3S/c1-4-5-9-20-16-18-17-14-10-12(3)13-8-6-7-11(2)15(13)19(14)16/h6-8,10H,4-5,9H2,1-3H3. The Hall–Kier alpha value is -1.55. The number of aryl methyl sites for hydroxylation is 2.